The molecule has 1 aromatic carbocycles. The van der Waals surface area contributed by atoms with Gasteiger partial charge in [-0.3, -0.25) is 14.6 Å². The van der Waals surface area contributed by atoms with Crippen molar-refractivity contribution in [3.05, 3.63) is 75.8 Å². The van der Waals surface area contributed by atoms with Crippen LogP contribution in [0.3, 0.4) is 0 Å². The molecule has 0 spiro atoms. The molecular weight excluding hydrogens is 444 g/mol. The molecular formula is C25H19F2N3O4. The van der Waals surface area contributed by atoms with Crippen molar-refractivity contribution in [2.24, 2.45) is 0 Å². The van der Waals surface area contributed by atoms with Crippen LogP contribution in [0.5, 0.6) is 11.5 Å². The lowest BCUT2D eigenvalue weighted by Gasteiger charge is -2.16. The van der Waals surface area contributed by atoms with Crippen LogP contribution in [0.15, 0.2) is 53.5 Å². The first-order valence-corrected chi connectivity index (χ1v) is 10.7. The Morgan fingerprint density at radius 1 is 1.15 bits per heavy atom. The van der Waals surface area contributed by atoms with Gasteiger partial charge in [0, 0.05) is 29.9 Å². The van der Waals surface area contributed by atoms with E-state index in [0.29, 0.717) is 35.4 Å². The quantitative estimate of drug-likeness (QED) is 0.550. The topological polar surface area (TPSA) is 94.2 Å². The zero-order chi connectivity index (χ0) is 24.1. The Hall–Kier alpha value is -4.06. The van der Waals surface area contributed by atoms with E-state index in [2.05, 4.69) is 14.5 Å². The number of aromatic nitrogens is 2. The van der Waals surface area contributed by atoms with E-state index in [1.807, 2.05) is 19.1 Å². The van der Waals surface area contributed by atoms with Crippen molar-refractivity contribution in [1.82, 2.24) is 9.55 Å². The Labute approximate surface area is 193 Å². The minimum absolute atomic E-state index is 0.0559. The van der Waals surface area contributed by atoms with E-state index in [-0.39, 0.29) is 35.8 Å². The molecule has 2 aromatic heterocycles. The Kier molecular flexibility index (Phi) is 4.97. The number of ketones is 1. The second kappa shape index (κ2) is 7.76. The lowest BCUT2D eigenvalue weighted by atomic mass is 9.88. The van der Waals surface area contributed by atoms with Gasteiger partial charge in [-0.1, -0.05) is 12.1 Å². The second-order valence-corrected chi connectivity index (χ2v) is 8.52. The summed E-state index contributed by atoms with van der Waals surface area (Å²) in [5, 5.41) is 8.94. The largest absolute Gasteiger partial charge is 0.586 e. The third kappa shape index (κ3) is 3.81. The molecule has 3 heterocycles. The first-order chi connectivity index (χ1) is 16.2. The van der Waals surface area contributed by atoms with Crippen LogP contribution in [0.1, 0.15) is 29.7 Å². The van der Waals surface area contributed by atoms with E-state index in [0.717, 1.165) is 5.56 Å². The van der Waals surface area contributed by atoms with Crippen molar-refractivity contribution in [2.75, 3.05) is 0 Å². The molecule has 0 radical (unpaired) electrons. The molecule has 5 rings (SSSR count). The molecule has 0 atom stereocenters. The van der Waals surface area contributed by atoms with Gasteiger partial charge in [-0.15, -0.1) is 8.78 Å². The Morgan fingerprint density at radius 3 is 2.65 bits per heavy atom. The highest BCUT2D eigenvalue weighted by molar-refractivity contribution is 5.94. The van der Waals surface area contributed by atoms with Crippen LogP contribution < -0.4 is 15.0 Å². The number of Topliss-reactive ketones (excluding diaryl/α,β-unsaturated/α-hetero) is 1. The molecule has 1 saturated carbocycles. The second-order valence-electron chi connectivity index (χ2n) is 8.52. The fourth-order valence-electron chi connectivity index (χ4n) is 4.26. The smallest absolute Gasteiger partial charge is 0.395 e. The number of fused-ring (bicyclic) bond motifs is 1. The van der Waals surface area contributed by atoms with Gasteiger partial charge in [-0.25, -0.2) is 0 Å². The maximum Gasteiger partial charge on any atom is 0.586 e. The van der Waals surface area contributed by atoms with Crippen LogP contribution in [0.2, 0.25) is 0 Å². The van der Waals surface area contributed by atoms with E-state index in [9.17, 15) is 18.4 Å². The number of nitrogens with zero attached hydrogens (tertiary/aromatic N) is 3. The number of alkyl halides is 2. The maximum atomic E-state index is 13.4. The molecule has 1 aliphatic carbocycles. The Morgan fingerprint density at radius 2 is 1.91 bits per heavy atom. The number of halogens is 2. The number of rotatable bonds is 6. The molecule has 0 saturated heterocycles. The van der Waals surface area contributed by atoms with Crippen LogP contribution in [0.25, 0.3) is 11.3 Å². The SMILES string of the molecule is Cc1ccc(CC(=O)C2(c3ccc4c(c3)OC(F)(F)O4)CC2)nc1-c1ccc(=O)n(CC#N)c1. The molecule has 34 heavy (non-hydrogen) atoms. The van der Waals surface area contributed by atoms with E-state index >= 15 is 0 Å². The third-order valence-electron chi connectivity index (χ3n) is 6.23. The van der Waals surface area contributed by atoms with Gasteiger partial charge in [0.25, 0.3) is 5.56 Å². The fourth-order valence-corrected chi connectivity index (χ4v) is 4.26. The highest BCUT2D eigenvalue weighted by atomic mass is 19.3. The lowest BCUT2D eigenvalue weighted by molar-refractivity contribution is -0.286. The van der Waals surface area contributed by atoms with Crippen molar-refractivity contribution in [1.29, 1.82) is 5.26 Å². The summed E-state index contributed by atoms with van der Waals surface area (Å²) in [5.74, 6) is -0.195. The molecule has 2 aliphatic rings. The van der Waals surface area contributed by atoms with E-state index in [4.69, 9.17) is 5.26 Å². The van der Waals surface area contributed by atoms with Crippen molar-refractivity contribution in [3.8, 4) is 28.8 Å². The van der Waals surface area contributed by atoms with Gasteiger partial charge in [0.15, 0.2) is 11.5 Å². The van der Waals surface area contributed by atoms with Crippen LogP contribution in [-0.4, -0.2) is 21.6 Å². The Balaban J connectivity index is 1.41. The van der Waals surface area contributed by atoms with Gasteiger partial charge in [0.05, 0.1) is 17.2 Å². The number of nitriles is 1. The van der Waals surface area contributed by atoms with Gasteiger partial charge < -0.3 is 14.0 Å². The standard InChI is InChI=1S/C25H19F2N3O4/c1-15-2-5-18(29-23(15)16-3-7-22(32)30(14-16)11-10-28)13-21(31)24(8-9-24)17-4-6-19-20(12-17)34-25(26,27)33-19/h2-7,12,14H,8-9,11,13H2,1H3. The number of carbonyl (C=O) groups excluding carboxylic acids is 1. The molecule has 1 fully saturated rings. The molecule has 0 N–H and O–H groups in total. The molecule has 0 bridgehead atoms. The summed E-state index contributed by atoms with van der Waals surface area (Å²) in [7, 11) is 0. The summed E-state index contributed by atoms with van der Waals surface area (Å²) in [6, 6.07) is 13.1. The van der Waals surface area contributed by atoms with Crippen molar-refractivity contribution >= 4 is 5.78 Å². The van der Waals surface area contributed by atoms with Crippen LogP contribution in [0, 0.1) is 18.3 Å². The van der Waals surface area contributed by atoms with Gasteiger partial charge in [0.2, 0.25) is 0 Å². The molecule has 1 aliphatic heterocycles. The molecule has 3 aromatic rings. The number of ether oxygens (including phenoxy) is 2. The predicted octanol–water partition coefficient (Wildman–Crippen LogP) is 3.91. The summed E-state index contributed by atoms with van der Waals surface area (Å²) in [6.07, 6.45) is -0.841. The Bertz CT molecular complexity index is 1420. The zero-order valence-corrected chi connectivity index (χ0v) is 18.2. The molecule has 172 valence electrons. The first-order valence-electron chi connectivity index (χ1n) is 10.7. The number of benzene rings is 1. The number of hydrogen-bond donors (Lipinski definition) is 0. The average molecular weight is 463 g/mol. The predicted molar refractivity (Wildman–Crippen MR) is 117 cm³/mol. The van der Waals surface area contributed by atoms with Crippen molar-refractivity contribution < 1.29 is 23.0 Å². The summed E-state index contributed by atoms with van der Waals surface area (Å²) >= 11 is 0. The minimum Gasteiger partial charge on any atom is -0.395 e. The van der Waals surface area contributed by atoms with Crippen LogP contribution >= 0.6 is 0 Å². The van der Waals surface area contributed by atoms with Crippen LogP contribution in [-0.2, 0) is 23.2 Å². The van der Waals surface area contributed by atoms with E-state index in [1.165, 1.54) is 22.8 Å². The lowest BCUT2D eigenvalue weighted by Crippen LogP contribution is -2.26. The van der Waals surface area contributed by atoms with Gasteiger partial charge in [-0.05, 0) is 55.2 Å². The molecule has 9 heteroatoms. The van der Waals surface area contributed by atoms with Crippen LogP contribution in [0.4, 0.5) is 8.78 Å². The minimum atomic E-state index is -3.71. The van der Waals surface area contributed by atoms with Gasteiger partial charge in [-0.2, -0.15) is 5.26 Å². The average Bonchev–Trinajstić information content (AvgIpc) is 3.54. The summed E-state index contributed by atoms with van der Waals surface area (Å²) < 4.78 is 37.0. The summed E-state index contributed by atoms with van der Waals surface area (Å²) in [4.78, 5) is 29.9. The number of aryl methyl sites for hydroxylation is 1. The van der Waals surface area contributed by atoms with E-state index < -0.39 is 11.7 Å². The van der Waals surface area contributed by atoms with Gasteiger partial charge >= 0.3 is 6.29 Å². The van der Waals surface area contributed by atoms with Crippen molar-refractivity contribution in [3.63, 3.8) is 0 Å². The number of hydrogen-bond acceptors (Lipinski definition) is 6. The number of pyridine rings is 2. The summed E-state index contributed by atoms with van der Waals surface area (Å²) in [5.41, 5.74) is 2.27. The van der Waals surface area contributed by atoms with Gasteiger partial charge in [0.1, 0.15) is 12.3 Å². The molecule has 0 unspecified atom stereocenters. The fraction of sp³-hybridized carbons (Fsp3) is 0.280. The third-order valence-corrected chi connectivity index (χ3v) is 6.23. The first kappa shape index (κ1) is 21.8. The normalized spacial score (nSPS) is 16.6. The monoisotopic (exact) mass is 463 g/mol. The van der Waals surface area contributed by atoms with E-state index in [1.54, 1.807) is 24.4 Å². The highest BCUT2D eigenvalue weighted by Crippen LogP contribution is 2.52. The number of carbonyl (C=O) groups is 1. The summed E-state index contributed by atoms with van der Waals surface area (Å²) in [6.45, 7) is 1.80. The zero-order valence-electron chi connectivity index (χ0n) is 18.2. The molecule has 0 amide bonds. The molecule has 7 nitrogen and oxygen atoms in total. The highest BCUT2D eigenvalue weighted by Gasteiger charge is 2.52. The maximum absolute atomic E-state index is 13.4. The van der Waals surface area contributed by atoms with Crippen molar-refractivity contribution in [2.45, 2.75) is 44.4 Å².